The zero-order valence-electron chi connectivity index (χ0n) is 47.2. The van der Waals surface area contributed by atoms with E-state index in [0.717, 1.165) is 37.7 Å². The molecule has 6 fully saturated rings. The first-order chi connectivity index (χ1) is 34.8. The Kier molecular flexibility index (Phi) is 24.3. The fourth-order valence-electron chi connectivity index (χ4n) is 13.7. The smallest absolute Gasteiger partial charge is 0.309 e. The molecule has 3 heterocycles. The van der Waals surface area contributed by atoms with Crippen molar-refractivity contribution in [3.63, 3.8) is 0 Å². The van der Waals surface area contributed by atoms with E-state index in [1.165, 1.54) is 7.11 Å². The predicted octanol–water partition coefficient (Wildman–Crippen LogP) is 3.29. The van der Waals surface area contributed by atoms with E-state index >= 15 is 0 Å². The number of ether oxygens (including phenoxy) is 5. The fourth-order valence-corrected chi connectivity index (χ4v) is 13.7. The molecule has 10 N–H and O–H groups in total. The van der Waals surface area contributed by atoms with E-state index in [4.69, 9.17) is 28.8 Å². The van der Waals surface area contributed by atoms with Crippen LogP contribution in [-0.2, 0) is 42.9 Å². The molecule has 19 nitrogen and oxygen atoms in total. The Morgan fingerprint density at radius 1 is 0.920 bits per heavy atom. The fraction of sp³-hybridized carbons (Fsp3) is 0.893. The van der Waals surface area contributed by atoms with E-state index in [1.807, 2.05) is 46.7 Å². The number of esters is 1. The summed E-state index contributed by atoms with van der Waals surface area (Å²) in [6.45, 7) is 16.5. The molecule has 3 aliphatic heterocycles. The third kappa shape index (κ3) is 14.9. The Morgan fingerprint density at radius 2 is 1.61 bits per heavy atom. The molecule has 4 unspecified atom stereocenters. The van der Waals surface area contributed by atoms with E-state index in [9.17, 15) is 44.7 Å². The molecule has 434 valence electrons. The average molecular weight is 1070 g/mol. The highest BCUT2D eigenvalue weighted by Crippen LogP contribution is 2.66. The first-order valence-corrected chi connectivity index (χ1v) is 28.0. The van der Waals surface area contributed by atoms with Crippen LogP contribution in [0.4, 0.5) is 0 Å². The quantitative estimate of drug-likeness (QED) is 0.121. The van der Waals surface area contributed by atoms with Gasteiger partial charge in [-0.15, -0.1) is 0 Å². The van der Waals surface area contributed by atoms with Crippen LogP contribution in [0.25, 0.3) is 0 Å². The SMILES string of the molecule is CC[C@H]1OC(=O)C(C)C[C@H](C)[C@@H](O[C@H]2CCC[C@@H](C)O2)[C@H](O)CCCN(CCCNC(=O)[C@@]2(O)CCC3C4CCC5=CC(=O)CC[C@]5(C)C4C(=O)C[C@@]32C)[C@H](C)[C@@H](O)[C@@H]1O.CNC.CO[C@@]1(C)C[C@@H](O)OC[C@H]1O.O. The van der Waals surface area contributed by atoms with Crippen molar-refractivity contribution < 1.29 is 79.0 Å². The van der Waals surface area contributed by atoms with Crippen LogP contribution in [-0.4, -0.2) is 184 Å². The minimum Gasteiger partial charge on any atom is -0.459 e. The molecular formula is C56H99N3O16. The van der Waals surface area contributed by atoms with E-state index in [0.29, 0.717) is 70.9 Å². The number of carbonyl (C=O) groups is 4. The van der Waals surface area contributed by atoms with Gasteiger partial charge in [0.1, 0.15) is 29.7 Å². The molecule has 0 aromatic carbocycles. The molecule has 7 aliphatic rings. The molecular weight excluding hydrogens is 971 g/mol. The summed E-state index contributed by atoms with van der Waals surface area (Å²) in [5, 5.41) is 71.0. The molecule has 3 saturated heterocycles. The van der Waals surface area contributed by atoms with Gasteiger partial charge in [-0.1, -0.05) is 40.2 Å². The maximum atomic E-state index is 14.1. The summed E-state index contributed by atoms with van der Waals surface area (Å²) in [5.74, 6) is -1.60. The van der Waals surface area contributed by atoms with Crippen molar-refractivity contribution in [3.05, 3.63) is 11.6 Å². The summed E-state index contributed by atoms with van der Waals surface area (Å²) in [6, 6.07) is -0.568. The highest BCUT2D eigenvalue weighted by Gasteiger charge is 2.68. The lowest BCUT2D eigenvalue weighted by atomic mass is 9.46. The van der Waals surface area contributed by atoms with Gasteiger partial charge in [0.05, 0.1) is 42.5 Å². The van der Waals surface area contributed by atoms with E-state index in [2.05, 4.69) is 17.6 Å². The predicted molar refractivity (Wildman–Crippen MR) is 281 cm³/mol. The molecule has 7 rings (SSSR count). The van der Waals surface area contributed by atoms with Crippen LogP contribution < -0.4 is 10.6 Å². The number of hydrogen-bond acceptors (Lipinski definition) is 17. The summed E-state index contributed by atoms with van der Waals surface area (Å²) in [7, 11) is 5.27. The Morgan fingerprint density at radius 3 is 2.25 bits per heavy atom. The number of methoxy groups -OCH3 is 1. The molecule has 3 saturated carbocycles. The normalized spacial score (nSPS) is 42.9. The van der Waals surface area contributed by atoms with Crippen molar-refractivity contribution in [2.24, 2.45) is 40.4 Å². The van der Waals surface area contributed by atoms with Crippen LogP contribution in [0.3, 0.4) is 0 Å². The molecule has 0 bridgehead atoms. The second kappa shape index (κ2) is 28.1. The number of aliphatic hydroxyl groups excluding tert-OH is 5. The lowest BCUT2D eigenvalue weighted by Crippen LogP contribution is -2.62. The number of fused-ring (bicyclic) bond motifs is 5. The van der Waals surface area contributed by atoms with Gasteiger partial charge in [-0.05, 0) is 154 Å². The third-order valence-electron chi connectivity index (χ3n) is 18.5. The second-order valence-electron chi connectivity index (χ2n) is 23.8. The standard InChI is InChI=1S/C47H76N2O11.C7H14O4.C2H7N.H2O/c1-8-37-41(54)40(53)30(5)49(22-10-13-35(51)42(27(2)24-28(3)43(55)59-37)60-38-14-9-12-29(4)58-38)23-11-21-48-44(56)47(57)20-18-34-33-16-15-31-25-32(50)17-19-45(31,6)39(33)36(52)26-46(34,47)7;1-7(10-2)3-6(9)11-4-5(7)8;1-3-2;/h25,27-30,33-35,37-42,51,53-54,57H,8-24,26H2,1-7H3,(H,48,56);5-6,8-9H,3-4H2,1-2H3;3H,1-2H3;1H2/t27-,28?,29+,30+,33?,34?,35+,37+,38-,39?,40+,41+,42+,45-,46-,47-;5-,6+,7+;;/m01../s1. The number of nitrogens with zero attached hydrogens (tertiary/aromatic N) is 1. The number of hydrogen-bond donors (Lipinski definition) is 8. The monoisotopic (exact) mass is 1070 g/mol. The van der Waals surface area contributed by atoms with Gasteiger partial charge in [0, 0.05) is 56.8 Å². The van der Waals surface area contributed by atoms with Crippen molar-refractivity contribution in [3.8, 4) is 0 Å². The minimum atomic E-state index is -1.70. The number of ketones is 2. The summed E-state index contributed by atoms with van der Waals surface area (Å²) >= 11 is 0. The number of cyclic esters (lactones) is 1. The summed E-state index contributed by atoms with van der Waals surface area (Å²) in [4.78, 5) is 55.8. The Labute approximate surface area is 446 Å². The van der Waals surface area contributed by atoms with Gasteiger partial charge in [-0.25, -0.2) is 0 Å². The van der Waals surface area contributed by atoms with E-state index < -0.39 is 89.7 Å². The first-order valence-electron chi connectivity index (χ1n) is 28.0. The van der Waals surface area contributed by atoms with Gasteiger partial charge >= 0.3 is 5.97 Å². The minimum absolute atomic E-state index is 0. The maximum absolute atomic E-state index is 14.1. The number of nitrogens with one attached hydrogen (secondary N) is 2. The molecule has 75 heavy (non-hydrogen) atoms. The number of Topliss-reactive ketones (excluding diaryl/α,β-unsaturated/α-hetero) is 1. The molecule has 0 radical (unpaired) electrons. The van der Waals surface area contributed by atoms with Crippen molar-refractivity contribution >= 4 is 23.4 Å². The van der Waals surface area contributed by atoms with Gasteiger partial charge in [-0.2, -0.15) is 0 Å². The lowest BCUT2D eigenvalue weighted by Gasteiger charge is -2.57. The number of rotatable bonds is 9. The van der Waals surface area contributed by atoms with Gasteiger partial charge in [-0.3, -0.25) is 24.1 Å². The highest BCUT2D eigenvalue weighted by molar-refractivity contribution is 5.94. The van der Waals surface area contributed by atoms with Crippen LogP contribution in [0.1, 0.15) is 158 Å². The Balaban J connectivity index is 0.000000707. The molecule has 0 aromatic rings. The lowest BCUT2D eigenvalue weighted by molar-refractivity contribution is -0.236. The molecule has 4 aliphatic carbocycles. The number of allylic oxidation sites excluding steroid dienone is 1. The number of amides is 1. The van der Waals surface area contributed by atoms with Crippen LogP contribution in [0.15, 0.2) is 11.6 Å². The van der Waals surface area contributed by atoms with Crippen LogP contribution >= 0.6 is 0 Å². The van der Waals surface area contributed by atoms with E-state index in [-0.39, 0.29) is 78.2 Å². The van der Waals surface area contributed by atoms with Crippen molar-refractivity contribution in [2.75, 3.05) is 47.4 Å². The van der Waals surface area contributed by atoms with Crippen molar-refractivity contribution in [1.29, 1.82) is 0 Å². The molecule has 0 spiro atoms. The largest absolute Gasteiger partial charge is 0.459 e. The zero-order chi connectivity index (χ0) is 54.9. The summed E-state index contributed by atoms with van der Waals surface area (Å²) in [6.07, 6.45) is 3.76. The van der Waals surface area contributed by atoms with E-state index in [1.54, 1.807) is 26.8 Å². The summed E-state index contributed by atoms with van der Waals surface area (Å²) < 4.78 is 28.2. The highest BCUT2D eigenvalue weighted by atomic mass is 16.7. The maximum Gasteiger partial charge on any atom is 0.309 e. The third-order valence-corrected chi connectivity index (χ3v) is 18.5. The molecule has 1 amide bonds. The van der Waals surface area contributed by atoms with Crippen LogP contribution in [0, 0.1) is 40.4 Å². The average Bonchev–Trinajstić information content (AvgIpc) is 3.63. The van der Waals surface area contributed by atoms with Gasteiger partial charge < -0.3 is 70.4 Å². The summed E-state index contributed by atoms with van der Waals surface area (Å²) in [5.41, 5.74) is -2.54. The van der Waals surface area contributed by atoms with Gasteiger partial charge in [0.15, 0.2) is 18.4 Å². The number of aliphatic hydroxyl groups is 6. The zero-order valence-corrected chi connectivity index (χ0v) is 47.2. The Hall–Kier alpha value is -2.50. The molecule has 19 heteroatoms. The van der Waals surface area contributed by atoms with Gasteiger partial charge in [0.25, 0.3) is 5.91 Å². The van der Waals surface area contributed by atoms with Crippen molar-refractivity contribution in [1.82, 2.24) is 15.5 Å². The number of carbonyl (C=O) groups excluding carboxylic acids is 4. The van der Waals surface area contributed by atoms with Crippen molar-refractivity contribution in [2.45, 2.75) is 231 Å². The molecule has 0 aromatic heterocycles. The van der Waals surface area contributed by atoms with Gasteiger partial charge in [0.2, 0.25) is 0 Å². The Bertz CT molecular complexity index is 1890. The first kappa shape index (κ1) is 65.0. The van der Waals surface area contributed by atoms with Crippen LogP contribution in [0.5, 0.6) is 0 Å². The second-order valence-corrected chi connectivity index (χ2v) is 23.8. The molecule has 19 atom stereocenters. The topological polar surface area (TPSA) is 295 Å². The van der Waals surface area contributed by atoms with Crippen LogP contribution in [0.2, 0.25) is 0 Å².